The van der Waals surface area contributed by atoms with Gasteiger partial charge in [0.2, 0.25) is 0 Å². The van der Waals surface area contributed by atoms with Crippen molar-refractivity contribution in [3.05, 3.63) is 65.0 Å². The number of nitrogens with one attached hydrogen (secondary N) is 1. The second-order valence-corrected chi connectivity index (χ2v) is 8.89. The highest BCUT2D eigenvalue weighted by Crippen LogP contribution is 2.39. The molecule has 0 spiro atoms. The van der Waals surface area contributed by atoms with Crippen LogP contribution in [0.3, 0.4) is 0 Å². The van der Waals surface area contributed by atoms with Crippen LogP contribution < -0.4 is 15.6 Å². The van der Waals surface area contributed by atoms with E-state index in [9.17, 15) is 18.0 Å². The highest BCUT2D eigenvalue weighted by molar-refractivity contribution is 5.93. The fraction of sp³-hybridized carbons (Fsp3) is 0.360. The molecule has 0 aromatic carbocycles. The normalized spacial score (nSPS) is 18.4. The summed E-state index contributed by atoms with van der Waals surface area (Å²) in [4.78, 5) is 20.1. The second-order valence-electron chi connectivity index (χ2n) is 8.89. The number of ether oxygens (including phenoxy) is 1. The number of hydrogen-bond donors (Lipinski definition) is 1. The Morgan fingerprint density at radius 2 is 1.89 bits per heavy atom. The van der Waals surface area contributed by atoms with Crippen LogP contribution in [-0.4, -0.2) is 37.5 Å². The Morgan fingerprint density at radius 1 is 1.11 bits per heavy atom. The van der Waals surface area contributed by atoms with E-state index in [1.165, 1.54) is 16.7 Å². The van der Waals surface area contributed by atoms with Gasteiger partial charge in [0.05, 0.1) is 17.7 Å². The smallest absolute Gasteiger partial charge is 0.437 e. The minimum atomic E-state index is -4.57. The molecule has 1 aliphatic carbocycles. The first-order valence-electron chi connectivity index (χ1n) is 11.7. The number of aromatic nitrogens is 5. The molecule has 8 nitrogen and oxygen atoms in total. The van der Waals surface area contributed by atoms with Crippen LogP contribution in [0.25, 0.3) is 22.2 Å². The molecule has 0 amide bonds. The van der Waals surface area contributed by atoms with Crippen LogP contribution in [0.1, 0.15) is 37.4 Å². The third kappa shape index (κ3) is 4.52. The van der Waals surface area contributed by atoms with Gasteiger partial charge in [-0.2, -0.15) is 18.3 Å². The summed E-state index contributed by atoms with van der Waals surface area (Å²) in [6.07, 6.45) is 2.14. The summed E-state index contributed by atoms with van der Waals surface area (Å²) in [5, 5.41) is 8.75. The Bertz CT molecular complexity index is 1450. The molecule has 11 heteroatoms. The topological polar surface area (TPSA) is 86.9 Å². The molecule has 0 bridgehead atoms. The van der Waals surface area contributed by atoms with Gasteiger partial charge in [0.15, 0.2) is 11.4 Å². The molecule has 4 heterocycles. The molecule has 0 unspecified atom stereocenters. The number of fused-ring (bicyclic) bond motifs is 1. The molecule has 4 aromatic heterocycles. The molecule has 36 heavy (non-hydrogen) atoms. The van der Waals surface area contributed by atoms with E-state index in [-0.39, 0.29) is 23.5 Å². The molecule has 0 aliphatic heterocycles. The van der Waals surface area contributed by atoms with E-state index < -0.39 is 11.9 Å². The summed E-state index contributed by atoms with van der Waals surface area (Å²) >= 11 is 0. The van der Waals surface area contributed by atoms with Crippen molar-refractivity contribution in [2.45, 2.75) is 44.0 Å². The van der Waals surface area contributed by atoms with E-state index in [0.717, 1.165) is 17.1 Å². The number of pyridine rings is 3. The van der Waals surface area contributed by atoms with E-state index in [4.69, 9.17) is 9.84 Å². The predicted octanol–water partition coefficient (Wildman–Crippen LogP) is 4.82. The zero-order chi connectivity index (χ0) is 25.4. The maximum Gasteiger partial charge on any atom is 0.437 e. The van der Waals surface area contributed by atoms with Crippen molar-refractivity contribution >= 4 is 16.7 Å². The molecule has 188 valence electrons. The van der Waals surface area contributed by atoms with Gasteiger partial charge < -0.3 is 14.6 Å². The standard InChI is InChI=1S/C25H25F3N6O2/c1-29-21-13-19-18(14-31-21)23(15-9-11-33(2)22(35)12-15)32-34(19)16-5-7-17(8-6-16)36-20-4-3-10-30-24(20)25(26,27)28/h3-4,9-14,16-17H,5-8H2,1-2H3,(H,29,31). The van der Waals surface area contributed by atoms with Crippen LogP contribution in [-0.2, 0) is 13.2 Å². The van der Waals surface area contributed by atoms with Crippen molar-refractivity contribution in [3.63, 3.8) is 0 Å². The highest BCUT2D eigenvalue weighted by Gasteiger charge is 2.37. The molecule has 0 atom stereocenters. The lowest BCUT2D eigenvalue weighted by molar-refractivity contribution is -0.143. The van der Waals surface area contributed by atoms with Gasteiger partial charge in [0, 0.05) is 55.8 Å². The largest absolute Gasteiger partial charge is 0.488 e. The minimum absolute atomic E-state index is 0.0238. The zero-order valence-electron chi connectivity index (χ0n) is 19.8. The average Bonchev–Trinajstić information content (AvgIpc) is 3.24. The monoisotopic (exact) mass is 498 g/mol. The number of aryl methyl sites for hydroxylation is 1. The summed E-state index contributed by atoms with van der Waals surface area (Å²) in [5.41, 5.74) is 1.11. The van der Waals surface area contributed by atoms with Crippen molar-refractivity contribution in [3.8, 4) is 17.0 Å². The fourth-order valence-corrected chi connectivity index (χ4v) is 4.64. The third-order valence-electron chi connectivity index (χ3n) is 6.55. The van der Waals surface area contributed by atoms with E-state index in [0.29, 0.717) is 42.8 Å². The van der Waals surface area contributed by atoms with Gasteiger partial charge in [-0.25, -0.2) is 9.97 Å². The Labute approximate surface area is 204 Å². The molecule has 0 saturated heterocycles. The number of alkyl halides is 3. The first-order chi connectivity index (χ1) is 17.2. The molecule has 0 radical (unpaired) electrons. The van der Waals surface area contributed by atoms with Gasteiger partial charge in [-0.3, -0.25) is 9.48 Å². The van der Waals surface area contributed by atoms with E-state index in [1.54, 1.807) is 32.6 Å². The van der Waals surface area contributed by atoms with Crippen molar-refractivity contribution in [1.82, 2.24) is 24.3 Å². The Hall–Kier alpha value is -3.89. The lowest BCUT2D eigenvalue weighted by Crippen LogP contribution is -2.27. The average molecular weight is 499 g/mol. The quantitative estimate of drug-likeness (QED) is 0.425. The molecule has 4 aromatic rings. The molecule has 5 rings (SSSR count). The maximum absolute atomic E-state index is 13.3. The van der Waals surface area contributed by atoms with Crippen LogP contribution >= 0.6 is 0 Å². The van der Waals surface area contributed by atoms with Gasteiger partial charge in [0.25, 0.3) is 5.56 Å². The van der Waals surface area contributed by atoms with Crippen molar-refractivity contribution in [2.24, 2.45) is 7.05 Å². The summed E-state index contributed by atoms with van der Waals surface area (Å²) < 4.78 is 49.1. The molecule has 1 N–H and O–H groups in total. The molecular weight excluding hydrogens is 473 g/mol. The Morgan fingerprint density at radius 3 is 2.58 bits per heavy atom. The first kappa shape index (κ1) is 23.8. The number of hydrogen-bond acceptors (Lipinski definition) is 6. The molecule has 1 saturated carbocycles. The van der Waals surface area contributed by atoms with Crippen LogP contribution in [0.4, 0.5) is 19.0 Å². The highest BCUT2D eigenvalue weighted by atomic mass is 19.4. The molecule has 1 aliphatic rings. The zero-order valence-corrected chi connectivity index (χ0v) is 19.8. The number of halogens is 3. The first-order valence-corrected chi connectivity index (χ1v) is 11.7. The lowest BCUT2D eigenvalue weighted by Gasteiger charge is -2.30. The Kier molecular flexibility index (Phi) is 6.15. The Balaban J connectivity index is 1.42. The van der Waals surface area contributed by atoms with E-state index >= 15 is 0 Å². The summed E-state index contributed by atoms with van der Waals surface area (Å²) in [7, 11) is 3.47. The van der Waals surface area contributed by atoms with Gasteiger partial charge >= 0.3 is 6.18 Å². The summed E-state index contributed by atoms with van der Waals surface area (Å²) in [6.45, 7) is 0. The van der Waals surface area contributed by atoms with Crippen LogP contribution in [0.2, 0.25) is 0 Å². The van der Waals surface area contributed by atoms with Gasteiger partial charge in [0.1, 0.15) is 11.5 Å². The van der Waals surface area contributed by atoms with Crippen LogP contribution in [0.15, 0.2) is 53.7 Å². The van der Waals surface area contributed by atoms with Crippen molar-refractivity contribution in [1.29, 1.82) is 0 Å². The summed E-state index contributed by atoms with van der Waals surface area (Å²) in [6, 6.07) is 8.09. The number of anilines is 1. The molecular formula is C25H25F3N6O2. The van der Waals surface area contributed by atoms with Crippen LogP contribution in [0, 0.1) is 0 Å². The maximum atomic E-state index is 13.3. The molecule has 1 fully saturated rings. The van der Waals surface area contributed by atoms with Crippen molar-refractivity contribution in [2.75, 3.05) is 12.4 Å². The summed E-state index contributed by atoms with van der Waals surface area (Å²) in [5.74, 6) is 0.447. The SMILES string of the molecule is CNc1cc2c(cn1)c(-c1ccn(C)c(=O)c1)nn2C1CCC(Oc2cccnc2C(F)(F)F)CC1. The number of nitrogens with zero attached hydrogens (tertiary/aromatic N) is 5. The van der Waals surface area contributed by atoms with Crippen molar-refractivity contribution < 1.29 is 17.9 Å². The second kappa shape index (κ2) is 9.29. The van der Waals surface area contributed by atoms with Gasteiger partial charge in [-0.1, -0.05) is 0 Å². The fourth-order valence-electron chi connectivity index (χ4n) is 4.64. The van der Waals surface area contributed by atoms with E-state index in [2.05, 4.69) is 15.3 Å². The lowest BCUT2D eigenvalue weighted by atomic mass is 9.93. The van der Waals surface area contributed by atoms with Gasteiger partial charge in [-0.15, -0.1) is 0 Å². The van der Waals surface area contributed by atoms with E-state index in [1.807, 2.05) is 16.8 Å². The number of rotatable bonds is 5. The predicted molar refractivity (Wildman–Crippen MR) is 129 cm³/mol. The van der Waals surface area contributed by atoms with Gasteiger partial charge in [-0.05, 0) is 43.9 Å². The third-order valence-corrected chi connectivity index (χ3v) is 6.55. The minimum Gasteiger partial charge on any atom is -0.488 e. The van der Waals surface area contributed by atoms with Crippen LogP contribution in [0.5, 0.6) is 5.75 Å².